The van der Waals surface area contributed by atoms with Crippen LogP contribution in [0.1, 0.15) is 24.2 Å². The van der Waals surface area contributed by atoms with Gasteiger partial charge in [0.2, 0.25) is 0 Å². The van der Waals surface area contributed by atoms with Gasteiger partial charge in [-0.1, -0.05) is 11.6 Å². The van der Waals surface area contributed by atoms with Crippen molar-refractivity contribution >= 4 is 17.3 Å². The number of pyridine rings is 1. The standard InChI is InChI=1S/C12H13ClN4/c1-8-5-10(12(13)16-6-8)17-9(2)11-7-14-3-4-15-11/h3-7,9,17H,1-2H3. The van der Waals surface area contributed by atoms with Crippen LogP contribution in [0.3, 0.4) is 0 Å². The summed E-state index contributed by atoms with van der Waals surface area (Å²) in [6.07, 6.45) is 6.79. The molecule has 88 valence electrons. The third-order valence-electron chi connectivity index (χ3n) is 2.37. The molecule has 2 aromatic rings. The van der Waals surface area contributed by atoms with Crippen molar-refractivity contribution in [3.63, 3.8) is 0 Å². The smallest absolute Gasteiger partial charge is 0.152 e. The highest BCUT2D eigenvalue weighted by Crippen LogP contribution is 2.24. The largest absolute Gasteiger partial charge is 0.374 e. The van der Waals surface area contributed by atoms with E-state index in [0.717, 1.165) is 16.9 Å². The van der Waals surface area contributed by atoms with Gasteiger partial charge in [-0.15, -0.1) is 0 Å². The molecular formula is C12H13ClN4. The average Bonchev–Trinajstić information content (AvgIpc) is 2.35. The molecule has 4 nitrogen and oxygen atoms in total. The molecule has 17 heavy (non-hydrogen) atoms. The minimum absolute atomic E-state index is 0.0322. The van der Waals surface area contributed by atoms with Gasteiger partial charge in [-0.25, -0.2) is 4.98 Å². The van der Waals surface area contributed by atoms with Crippen molar-refractivity contribution in [3.05, 3.63) is 47.3 Å². The monoisotopic (exact) mass is 248 g/mol. The molecule has 0 fully saturated rings. The summed E-state index contributed by atoms with van der Waals surface area (Å²) in [6, 6.07) is 1.99. The van der Waals surface area contributed by atoms with E-state index in [1.807, 2.05) is 19.9 Å². The number of rotatable bonds is 3. The van der Waals surface area contributed by atoms with E-state index in [0.29, 0.717) is 5.15 Å². The molecule has 0 bridgehead atoms. The van der Waals surface area contributed by atoms with E-state index in [1.165, 1.54) is 0 Å². The summed E-state index contributed by atoms with van der Waals surface area (Å²) in [7, 11) is 0. The van der Waals surface area contributed by atoms with Gasteiger partial charge in [0.25, 0.3) is 0 Å². The average molecular weight is 249 g/mol. The summed E-state index contributed by atoms with van der Waals surface area (Å²) in [5, 5.41) is 3.73. The van der Waals surface area contributed by atoms with Crippen molar-refractivity contribution in [1.82, 2.24) is 15.0 Å². The highest BCUT2D eigenvalue weighted by molar-refractivity contribution is 6.31. The summed E-state index contributed by atoms with van der Waals surface area (Å²) in [5.41, 5.74) is 2.73. The quantitative estimate of drug-likeness (QED) is 0.849. The van der Waals surface area contributed by atoms with Crippen LogP contribution in [0.15, 0.2) is 30.9 Å². The third kappa shape index (κ3) is 2.91. The second-order valence-electron chi connectivity index (χ2n) is 3.85. The minimum atomic E-state index is 0.0322. The lowest BCUT2D eigenvalue weighted by molar-refractivity contribution is 0.826. The van der Waals surface area contributed by atoms with Gasteiger partial charge >= 0.3 is 0 Å². The van der Waals surface area contributed by atoms with Crippen molar-refractivity contribution in [2.24, 2.45) is 0 Å². The Hall–Kier alpha value is -1.68. The fourth-order valence-electron chi connectivity index (χ4n) is 1.50. The Kier molecular flexibility index (Phi) is 3.54. The van der Waals surface area contributed by atoms with Gasteiger partial charge in [0, 0.05) is 18.6 Å². The van der Waals surface area contributed by atoms with Crippen molar-refractivity contribution in [1.29, 1.82) is 0 Å². The molecule has 0 radical (unpaired) electrons. The molecule has 1 N–H and O–H groups in total. The first kappa shape index (κ1) is 11.8. The summed E-state index contributed by atoms with van der Waals surface area (Å²) < 4.78 is 0. The van der Waals surface area contributed by atoms with Crippen LogP contribution in [0, 0.1) is 6.92 Å². The van der Waals surface area contributed by atoms with Gasteiger partial charge in [0.05, 0.1) is 23.6 Å². The molecule has 2 aromatic heterocycles. The highest BCUT2D eigenvalue weighted by atomic mass is 35.5. The predicted molar refractivity (Wildman–Crippen MR) is 68.1 cm³/mol. The first-order valence-electron chi connectivity index (χ1n) is 5.31. The molecule has 1 unspecified atom stereocenters. The fraction of sp³-hybridized carbons (Fsp3) is 0.250. The maximum atomic E-state index is 6.02. The Morgan fingerprint density at radius 1 is 1.24 bits per heavy atom. The molecule has 0 saturated carbocycles. The van der Waals surface area contributed by atoms with Crippen LogP contribution < -0.4 is 5.32 Å². The molecule has 5 heteroatoms. The molecule has 0 saturated heterocycles. The number of aromatic nitrogens is 3. The molecule has 0 amide bonds. The highest BCUT2D eigenvalue weighted by Gasteiger charge is 2.09. The molecule has 0 aromatic carbocycles. The first-order chi connectivity index (χ1) is 8.16. The minimum Gasteiger partial charge on any atom is -0.374 e. The zero-order valence-electron chi connectivity index (χ0n) is 9.68. The summed E-state index contributed by atoms with van der Waals surface area (Å²) in [6.45, 7) is 3.98. The number of anilines is 1. The Bertz CT molecular complexity index is 501. The van der Waals surface area contributed by atoms with E-state index in [4.69, 9.17) is 11.6 Å². The topological polar surface area (TPSA) is 50.7 Å². The Morgan fingerprint density at radius 3 is 2.76 bits per heavy atom. The van der Waals surface area contributed by atoms with Crippen molar-refractivity contribution < 1.29 is 0 Å². The van der Waals surface area contributed by atoms with Crippen LogP contribution in [0.2, 0.25) is 5.15 Å². The summed E-state index contributed by atoms with van der Waals surface area (Å²) >= 11 is 6.02. The van der Waals surface area contributed by atoms with Crippen molar-refractivity contribution in [3.8, 4) is 0 Å². The van der Waals surface area contributed by atoms with Gasteiger partial charge in [-0.05, 0) is 25.5 Å². The normalized spacial score (nSPS) is 12.2. The van der Waals surface area contributed by atoms with E-state index in [9.17, 15) is 0 Å². The summed E-state index contributed by atoms with van der Waals surface area (Å²) in [4.78, 5) is 12.4. The summed E-state index contributed by atoms with van der Waals surface area (Å²) in [5.74, 6) is 0. The Labute approximate surface area is 105 Å². The number of nitrogens with zero attached hydrogens (tertiary/aromatic N) is 3. The predicted octanol–water partition coefficient (Wildman–Crippen LogP) is 3.01. The molecule has 0 aliphatic carbocycles. The maximum Gasteiger partial charge on any atom is 0.152 e. The Morgan fingerprint density at radius 2 is 2.06 bits per heavy atom. The van der Waals surface area contributed by atoms with Crippen molar-refractivity contribution in [2.75, 3.05) is 5.32 Å². The van der Waals surface area contributed by atoms with Gasteiger partial charge in [-0.3, -0.25) is 9.97 Å². The number of halogens is 1. The Balaban J connectivity index is 2.18. The van der Waals surface area contributed by atoms with E-state index in [2.05, 4.69) is 20.3 Å². The van der Waals surface area contributed by atoms with Gasteiger partial charge in [0.1, 0.15) is 0 Å². The SMILES string of the molecule is Cc1cnc(Cl)c(NC(C)c2cnccn2)c1. The zero-order chi connectivity index (χ0) is 12.3. The van der Waals surface area contributed by atoms with E-state index in [-0.39, 0.29) is 6.04 Å². The van der Waals surface area contributed by atoms with E-state index in [1.54, 1.807) is 24.8 Å². The number of aryl methyl sites for hydroxylation is 1. The molecule has 0 spiro atoms. The number of hydrogen-bond acceptors (Lipinski definition) is 4. The molecule has 2 rings (SSSR count). The van der Waals surface area contributed by atoms with Crippen LogP contribution in [0.5, 0.6) is 0 Å². The van der Waals surface area contributed by atoms with Crippen molar-refractivity contribution in [2.45, 2.75) is 19.9 Å². The molecule has 2 heterocycles. The van der Waals surface area contributed by atoms with Crippen LogP contribution in [-0.2, 0) is 0 Å². The number of hydrogen-bond donors (Lipinski definition) is 1. The second kappa shape index (κ2) is 5.10. The van der Waals surface area contributed by atoms with E-state index >= 15 is 0 Å². The molecule has 0 aliphatic heterocycles. The number of nitrogens with one attached hydrogen (secondary N) is 1. The lowest BCUT2D eigenvalue weighted by atomic mass is 10.2. The molecule has 1 atom stereocenters. The second-order valence-corrected chi connectivity index (χ2v) is 4.21. The maximum absolute atomic E-state index is 6.02. The van der Waals surface area contributed by atoms with Gasteiger partial charge < -0.3 is 5.32 Å². The van der Waals surface area contributed by atoms with Gasteiger partial charge in [-0.2, -0.15) is 0 Å². The lowest BCUT2D eigenvalue weighted by Crippen LogP contribution is -2.09. The fourth-order valence-corrected chi connectivity index (χ4v) is 1.65. The zero-order valence-corrected chi connectivity index (χ0v) is 10.4. The van der Waals surface area contributed by atoms with Gasteiger partial charge in [0.15, 0.2) is 5.15 Å². The third-order valence-corrected chi connectivity index (χ3v) is 2.68. The van der Waals surface area contributed by atoms with E-state index < -0.39 is 0 Å². The molecule has 0 aliphatic rings. The van der Waals surface area contributed by atoms with Crippen LogP contribution in [0.4, 0.5) is 5.69 Å². The lowest BCUT2D eigenvalue weighted by Gasteiger charge is -2.15. The van der Waals surface area contributed by atoms with Crippen LogP contribution in [0.25, 0.3) is 0 Å². The first-order valence-corrected chi connectivity index (χ1v) is 5.69. The van der Waals surface area contributed by atoms with Crippen LogP contribution >= 0.6 is 11.6 Å². The van der Waals surface area contributed by atoms with Crippen LogP contribution in [-0.4, -0.2) is 15.0 Å². The molecular weight excluding hydrogens is 236 g/mol.